The molecule has 4 heteroatoms. The van der Waals surface area contributed by atoms with Gasteiger partial charge in [-0.15, -0.1) is 0 Å². The molecule has 2 nitrogen and oxygen atoms in total. The van der Waals surface area contributed by atoms with E-state index in [9.17, 15) is 4.39 Å². The number of benzene rings is 2. The van der Waals surface area contributed by atoms with Crippen molar-refractivity contribution in [2.24, 2.45) is 0 Å². The van der Waals surface area contributed by atoms with E-state index in [2.05, 4.69) is 5.32 Å². The zero-order valence-corrected chi connectivity index (χ0v) is 11.5. The van der Waals surface area contributed by atoms with Gasteiger partial charge >= 0.3 is 0 Å². The van der Waals surface area contributed by atoms with Gasteiger partial charge in [0.25, 0.3) is 0 Å². The Morgan fingerprint density at radius 1 is 1.11 bits per heavy atom. The van der Waals surface area contributed by atoms with E-state index < -0.39 is 0 Å². The van der Waals surface area contributed by atoms with Crippen LogP contribution in [0, 0.1) is 5.82 Å². The van der Waals surface area contributed by atoms with Crippen LogP contribution in [-0.2, 0) is 6.54 Å². The molecule has 0 aliphatic carbocycles. The number of para-hydroxylation sites is 1. The summed E-state index contributed by atoms with van der Waals surface area (Å²) in [6.07, 6.45) is 0. The van der Waals surface area contributed by atoms with Gasteiger partial charge in [-0.05, 0) is 42.0 Å². The van der Waals surface area contributed by atoms with E-state index >= 15 is 0 Å². The Bertz CT molecular complexity index is 540. The lowest BCUT2D eigenvalue weighted by Crippen LogP contribution is -2.36. The van der Waals surface area contributed by atoms with Crippen molar-refractivity contribution in [3.05, 3.63) is 66.0 Å². The first-order valence-electron chi connectivity index (χ1n) is 5.98. The van der Waals surface area contributed by atoms with E-state index in [-0.39, 0.29) is 5.82 Å². The zero-order chi connectivity index (χ0) is 13.7. The molecule has 0 aliphatic rings. The van der Waals surface area contributed by atoms with Crippen molar-refractivity contribution in [3.63, 3.8) is 0 Å². The summed E-state index contributed by atoms with van der Waals surface area (Å²) in [5, 5.41) is 3.79. The Morgan fingerprint density at radius 2 is 1.74 bits per heavy atom. The molecule has 2 aromatic carbocycles. The molecule has 0 amide bonds. The second-order valence-electron chi connectivity index (χ2n) is 4.18. The fourth-order valence-corrected chi connectivity index (χ4v) is 1.84. The fourth-order valence-electron chi connectivity index (χ4n) is 1.67. The standard InChI is InChI=1S/C15H15FN2S/c1-18(14-5-3-2-4-6-14)15(19)17-11-12-7-9-13(16)10-8-12/h2-10H,11H2,1H3,(H,17,19). The molecule has 0 fully saturated rings. The van der Waals surface area contributed by atoms with E-state index in [1.165, 1.54) is 12.1 Å². The van der Waals surface area contributed by atoms with E-state index in [0.29, 0.717) is 11.7 Å². The first-order chi connectivity index (χ1) is 9.16. The second-order valence-corrected chi connectivity index (χ2v) is 4.57. The summed E-state index contributed by atoms with van der Waals surface area (Å²) in [4.78, 5) is 1.90. The number of nitrogens with zero attached hydrogens (tertiary/aromatic N) is 1. The molecule has 0 bridgehead atoms. The van der Waals surface area contributed by atoms with Crippen molar-refractivity contribution in [1.82, 2.24) is 5.32 Å². The van der Waals surface area contributed by atoms with E-state index in [0.717, 1.165) is 11.3 Å². The monoisotopic (exact) mass is 274 g/mol. The highest BCUT2D eigenvalue weighted by molar-refractivity contribution is 7.80. The Balaban J connectivity index is 1.93. The highest BCUT2D eigenvalue weighted by atomic mass is 32.1. The third-order valence-corrected chi connectivity index (χ3v) is 3.22. The van der Waals surface area contributed by atoms with E-state index in [1.807, 2.05) is 42.3 Å². The van der Waals surface area contributed by atoms with Crippen LogP contribution in [-0.4, -0.2) is 12.2 Å². The highest BCUT2D eigenvalue weighted by Gasteiger charge is 2.05. The zero-order valence-electron chi connectivity index (χ0n) is 10.6. The molecule has 2 aromatic rings. The lowest BCUT2D eigenvalue weighted by Gasteiger charge is -2.21. The number of nitrogens with one attached hydrogen (secondary N) is 1. The van der Waals surface area contributed by atoms with Gasteiger partial charge in [0.05, 0.1) is 0 Å². The van der Waals surface area contributed by atoms with Crippen molar-refractivity contribution >= 4 is 23.0 Å². The van der Waals surface area contributed by atoms with Gasteiger partial charge in [-0.3, -0.25) is 0 Å². The molecule has 98 valence electrons. The molecule has 0 spiro atoms. The van der Waals surface area contributed by atoms with Crippen LogP contribution in [0.3, 0.4) is 0 Å². The largest absolute Gasteiger partial charge is 0.358 e. The molecular weight excluding hydrogens is 259 g/mol. The smallest absolute Gasteiger partial charge is 0.173 e. The predicted octanol–water partition coefficient (Wildman–Crippen LogP) is 3.34. The van der Waals surface area contributed by atoms with Crippen LogP contribution in [0.15, 0.2) is 54.6 Å². The summed E-state index contributed by atoms with van der Waals surface area (Å²) in [7, 11) is 1.91. The average Bonchev–Trinajstić information content (AvgIpc) is 2.46. The van der Waals surface area contributed by atoms with Crippen molar-refractivity contribution in [2.75, 3.05) is 11.9 Å². The molecule has 0 saturated carbocycles. The number of hydrogen-bond donors (Lipinski definition) is 1. The van der Waals surface area contributed by atoms with Crippen molar-refractivity contribution in [3.8, 4) is 0 Å². The Labute approximate surface area is 117 Å². The number of rotatable bonds is 3. The predicted molar refractivity (Wildman–Crippen MR) is 80.7 cm³/mol. The van der Waals surface area contributed by atoms with Crippen LogP contribution in [0.5, 0.6) is 0 Å². The molecule has 0 aliphatic heterocycles. The van der Waals surface area contributed by atoms with Crippen molar-refractivity contribution in [1.29, 1.82) is 0 Å². The summed E-state index contributed by atoms with van der Waals surface area (Å²) >= 11 is 5.32. The number of hydrogen-bond acceptors (Lipinski definition) is 1. The van der Waals surface area contributed by atoms with Gasteiger partial charge in [0.2, 0.25) is 0 Å². The summed E-state index contributed by atoms with van der Waals surface area (Å²) in [6, 6.07) is 16.3. The molecule has 0 radical (unpaired) electrons. The molecule has 2 rings (SSSR count). The summed E-state index contributed by atoms with van der Waals surface area (Å²) in [5.74, 6) is -0.229. The third kappa shape index (κ3) is 3.76. The van der Waals surface area contributed by atoms with E-state index in [1.54, 1.807) is 12.1 Å². The topological polar surface area (TPSA) is 15.3 Å². The second kappa shape index (κ2) is 6.29. The molecule has 0 aromatic heterocycles. The summed E-state index contributed by atoms with van der Waals surface area (Å²) in [6.45, 7) is 0.580. The lowest BCUT2D eigenvalue weighted by atomic mass is 10.2. The Morgan fingerprint density at radius 3 is 2.37 bits per heavy atom. The maximum Gasteiger partial charge on any atom is 0.173 e. The van der Waals surface area contributed by atoms with Gasteiger partial charge in [0.15, 0.2) is 5.11 Å². The molecule has 0 atom stereocenters. The van der Waals surface area contributed by atoms with Gasteiger partial charge in [-0.25, -0.2) is 4.39 Å². The van der Waals surface area contributed by atoms with Crippen LogP contribution in [0.4, 0.5) is 10.1 Å². The van der Waals surface area contributed by atoms with Gasteiger partial charge in [0, 0.05) is 19.3 Å². The quantitative estimate of drug-likeness (QED) is 0.864. The van der Waals surface area contributed by atoms with Crippen LogP contribution < -0.4 is 10.2 Å². The lowest BCUT2D eigenvalue weighted by molar-refractivity contribution is 0.626. The number of anilines is 1. The van der Waals surface area contributed by atoms with Gasteiger partial charge in [-0.1, -0.05) is 30.3 Å². The SMILES string of the molecule is CN(C(=S)NCc1ccc(F)cc1)c1ccccc1. The maximum atomic E-state index is 12.8. The minimum atomic E-state index is -0.229. The average molecular weight is 274 g/mol. The normalized spacial score (nSPS) is 10.0. The van der Waals surface area contributed by atoms with Gasteiger partial charge in [0.1, 0.15) is 5.82 Å². The Kier molecular flexibility index (Phi) is 4.47. The molecule has 1 N–H and O–H groups in total. The molecule has 0 heterocycles. The molecular formula is C15H15FN2S. The molecule has 0 unspecified atom stereocenters. The third-order valence-electron chi connectivity index (χ3n) is 2.81. The van der Waals surface area contributed by atoms with Gasteiger partial charge in [-0.2, -0.15) is 0 Å². The van der Waals surface area contributed by atoms with Gasteiger partial charge < -0.3 is 10.2 Å². The molecule has 19 heavy (non-hydrogen) atoms. The van der Waals surface area contributed by atoms with Crippen molar-refractivity contribution < 1.29 is 4.39 Å². The van der Waals surface area contributed by atoms with Crippen LogP contribution >= 0.6 is 12.2 Å². The van der Waals surface area contributed by atoms with Crippen LogP contribution in [0.1, 0.15) is 5.56 Å². The first-order valence-corrected chi connectivity index (χ1v) is 6.38. The minimum Gasteiger partial charge on any atom is -0.358 e. The highest BCUT2D eigenvalue weighted by Crippen LogP contribution is 2.11. The van der Waals surface area contributed by atoms with Crippen LogP contribution in [0.2, 0.25) is 0 Å². The Hall–Kier alpha value is -1.94. The minimum absolute atomic E-state index is 0.229. The first kappa shape index (κ1) is 13.5. The summed E-state index contributed by atoms with van der Waals surface area (Å²) < 4.78 is 12.8. The molecule has 0 saturated heterocycles. The maximum absolute atomic E-state index is 12.8. The fraction of sp³-hybridized carbons (Fsp3) is 0.133. The number of thiocarbonyl (C=S) groups is 1. The van der Waals surface area contributed by atoms with Crippen LogP contribution in [0.25, 0.3) is 0 Å². The van der Waals surface area contributed by atoms with Crippen molar-refractivity contribution in [2.45, 2.75) is 6.54 Å². The van der Waals surface area contributed by atoms with E-state index in [4.69, 9.17) is 12.2 Å². The summed E-state index contributed by atoms with van der Waals surface area (Å²) in [5.41, 5.74) is 2.02. The number of halogens is 1.